The molecule has 0 unspecified atom stereocenters. The van der Waals surface area contributed by atoms with Crippen LogP contribution in [0.15, 0.2) is 48.5 Å². The van der Waals surface area contributed by atoms with Crippen molar-refractivity contribution in [3.8, 4) is 17.2 Å². The predicted octanol–water partition coefficient (Wildman–Crippen LogP) is 8.97. The molecule has 4 rings (SSSR count). The van der Waals surface area contributed by atoms with Gasteiger partial charge >= 0.3 is 12.5 Å². The van der Waals surface area contributed by atoms with Crippen molar-refractivity contribution in [3.05, 3.63) is 54.1 Å². The Bertz CT molecular complexity index is 1010. The minimum absolute atomic E-state index is 0.194. The fraction of sp³-hybridized carbons (Fsp3) is 0.613. The molecule has 2 fully saturated rings. The van der Waals surface area contributed by atoms with E-state index in [1.165, 1.54) is 12.0 Å². The molecule has 0 heterocycles. The van der Waals surface area contributed by atoms with E-state index in [2.05, 4.69) is 16.9 Å². The minimum Gasteiger partial charge on any atom is -0.494 e. The van der Waals surface area contributed by atoms with Gasteiger partial charge in [-0.05, 0) is 125 Å². The number of hydrogen-bond donors (Lipinski definition) is 0. The molecule has 0 aromatic heterocycles. The lowest BCUT2D eigenvalue weighted by atomic mass is 9.81. The van der Waals surface area contributed by atoms with E-state index in [-0.39, 0.29) is 17.8 Å². The quantitative estimate of drug-likeness (QED) is 0.239. The summed E-state index contributed by atoms with van der Waals surface area (Å²) in [6.45, 7) is 3.25. The summed E-state index contributed by atoms with van der Waals surface area (Å²) in [4.78, 5) is 0. The first-order valence-corrected chi connectivity index (χ1v) is 14.4. The Hall–Kier alpha value is -2.55. The lowest BCUT2D eigenvalue weighted by Crippen LogP contribution is -2.38. The molecule has 0 spiro atoms. The third-order valence-corrected chi connectivity index (χ3v) is 8.07. The van der Waals surface area contributed by atoms with Crippen LogP contribution in [0, 0.1) is 17.8 Å². The summed E-state index contributed by atoms with van der Waals surface area (Å²) in [5.74, 6) is 0.245. The Morgan fingerprint density at radius 2 is 1.23 bits per heavy atom. The molecule has 2 saturated carbocycles. The second-order valence-corrected chi connectivity index (χ2v) is 11.0. The predicted molar refractivity (Wildman–Crippen MR) is 142 cm³/mol. The fourth-order valence-corrected chi connectivity index (χ4v) is 5.76. The van der Waals surface area contributed by atoms with E-state index < -0.39 is 24.1 Å². The lowest BCUT2D eigenvalue weighted by Gasteiger charge is -2.34. The highest BCUT2D eigenvalue weighted by molar-refractivity contribution is 5.31. The van der Waals surface area contributed by atoms with Crippen LogP contribution in [0.4, 0.5) is 22.0 Å². The Kier molecular flexibility index (Phi) is 10.6. The Labute approximate surface area is 233 Å². The van der Waals surface area contributed by atoms with Crippen molar-refractivity contribution in [2.24, 2.45) is 17.8 Å². The number of aryl methyl sites for hydroxylation is 1. The summed E-state index contributed by atoms with van der Waals surface area (Å²) in [5.41, 5.74) is 1.34. The van der Waals surface area contributed by atoms with Crippen LogP contribution >= 0.6 is 0 Å². The van der Waals surface area contributed by atoms with Crippen molar-refractivity contribution in [1.29, 1.82) is 0 Å². The maximum absolute atomic E-state index is 14.8. The van der Waals surface area contributed by atoms with E-state index >= 15 is 0 Å². The number of benzene rings is 2. The average Bonchev–Trinajstić information content (AvgIpc) is 2.93. The number of ether oxygens (including phenoxy) is 4. The van der Waals surface area contributed by atoms with Crippen LogP contribution in [0.1, 0.15) is 70.3 Å². The lowest BCUT2D eigenvalue weighted by molar-refractivity contribution is -0.274. The molecule has 2 aromatic carbocycles. The molecular weight excluding hydrogens is 531 g/mol. The van der Waals surface area contributed by atoms with Gasteiger partial charge in [-0.2, -0.15) is 8.78 Å². The molecule has 0 saturated heterocycles. The smallest absolute Gasteiger partial charge is 0.494 e. The molecule has 0 bridgehead atoms. The van der Waals surface area contributed by atoms with Crippen molar-refractivity contribution >= 4 is 0 Å². The maximum atomic E-state index is 14.8. The summed E-state index contributed by atoms with van der Waals surface area (Å²) in [6.07, 6.45) is 0.543. The van der Waals surface area contributed by atoms with Crippen molar-refractivity contribution in [2.75, 3.05) is 13.2 Å². The highest BCUT2D eigenvalue weighted by atomic mass is 19.4. The van der Waals surface area contributed by atoms with Gasteiger partial charge in [-0.25, -0.2) is 0 Å². The van der Waals surface area contributed by atoms with Gasteiger partial charge in [0.25, 0.3) is 0 Å². The van der Waals surface area contributed by atoms with E-state index in [1.807, 2.05) is 19.1 Å². The summed E-state index contributed by atoms with van der Waals surface area (Å²) in [6, 6.07) is 12.4. The number of hydrogen-bond acceptors (Lipinski definition) is 4. The number of alkyl halides is 5. The van der Waals surface area contributed by atoms with Crippen molar-refractivity contribution in [3.63, 3.8) is 0 Å². The van der Waals surface area contributed by atoms with Crippen LogP contribution in [0.5, 0.6) is 17.2 Å². The highest BCUT2D eigenvalue weighted by Gasteiger charge is 2.44. The number of rotatable bonds is 12. The molecule has 2 aromatic rings. The molecule has 0 N–H and O–H groups in total. The van der Waals surface area contributed by atoms with E-state index in [0.29, 0.717) is 44.8 Å². The van der Waals surface area contributed by atoms with Gasteiger partial charge in [-0.15, -0.1) is 13.2 Å². The molecule has 4 nitrogen and oxygen atoms in total. The maximum Gasteiger partial charge on any atom is 0.573 e. The zero-order valence-electron chi connectivity index (χ0n) is 22.9. The van der Waals surface area contributed by atoms with Crippen LogP contribution in [0.2, 0.25) is 0 Å². The first-order valence-electron chi connectivity index (χ1n) is 14.4. The highest BCUT2D eigenvalue weighted by Crippen LogP contribution is 2.41. The molecule has 0 aliphatic heterocycles. The zero-order chi connectivity index (χ0) is 28.6. The first kappa shape index (κ1) is 30.4. The van der Waals surface area contributed by atoms with E-state index in [1.54, 1.807) is 0 Å². The third-order valence-electron chi connectivity index (χ3n) is 8.07. The number of halogens is 5. The fourth-order valence-electron chi connectivity index (χ4n) is 5.76. The molecule has 40 heavy (non-hydrogen) atoms. The van der Waals surface area contributed by atoms with Gasteiger partial charge in [0.05, 0.1) is 18.6 Å². The van der Waals surface area contributed by atoms with Gasteiger partial charge in [-0.3, -0.25) is 0 Å². The van der Waals surface area contributed by atoms with E-state index in [4.69, 9.17) is 14.2 Å². The van der Waals surface area contributed by atoms with Gasteiger partial charge < -0.3 is 18.9 Å². The monoisotopic (exact) mass is 570 g/mol. The summed E-state index contributed by atoms with van der Waals surface area (Å²) in [7, 11) is 0. The van der Waals surface area contributed by atoms with Crippen LogP contribution in [-0.4, -0.2) is 31.8 Å². The molecule has 0 atom stereocenters. The topological polar surface area (TPSA) is 36.9 Å². The normalized spacial score (nSPS) is 23.9. The zero-order valence-corrected chi connectivity index (χ0v) is 22.9. The minimum atomic E-state index is -4.84. The summed E-state index contributed by atoms with van der Waals surface area (Å²) >= 11 is 0. The molecule has 222 valence electrons. The molecular formula is C31H39F5O4. The molecule has 0 radical (unpaired) electrons. The van der Waals surface area contributed by atoms with E-state index in [9.17, 15) is 22.0 Å². The summed E-state index contributed by atoms with van der Waals surface area (Å²) in [5, 5.41) is 0. The third kappa shape index (κ3) is 9.53. The van der Waals surface area contributed by atoms with Gasteiger partial charge in [0.2, 0.25) is 0 Å². The van der Waals surface area contributed by atoms with Crippen molar-refractivity contribution < 1.29 is 40.9 Å². The van der Waals surface area contributed by atoms with Gasteiger partial charge in [-0.1, -0.05) is 12.1 Å². The standard InChI is InChI=1S/C31H39F5O4/c1-2-37-26-13-7-22(8-14-26)3-4-23-9-15-27(16-10-23)38-21-24-5-11-25(12-6-24)30(32,33)39-28-17-19-29(20-18-28)40-31(34,35)36/h7-8,13-14,17-20,23-25,27H,2-6,9-12,15-16,21H2,1H3. The molecule has 2 aliphatic carbocycles. The van der Waals surface area contributed by atoms with Gasteiger partial charge in [0, 0.05) is 6.61 Å². The van der Waals surface area contributed by atoms with Crippen LogP contribution in [0.25, 0.3) is 0 Å². The second kappa shape index (κ2) is 13.9. The SMILES string of the molecule is CCOc1ccc(CCC2CCC(OCC3CCC(C(F)(F)Oc4ccc(OC(F)(F)F)cc4)CC3)CC2)cc1. The largest absolute Gasteiger partial charge is 0.573 e. The average molecular weight is 571 g/mol. The van der Waals surface area contributed by atoms with Gasteiger partial charge in [0.1, 0.15) is 17.2 Å². The molecule has 2 aliphatic rings. The van der Waals surface area contributed by atoms with Crippen molar-refractivity contribution in [2.45, 2.75) is 89.7 Å². The van der Waals surface area contributed by atoms with E-state index in [0.717, 1.165) is 62.1 Å². The molecule has 9 heteroatoms. The Balaban J connectivity index is 1.11. The Morgan fingerprint density at radius 1 is 0.675 bits per heavy atom. The van der Waals surface area contributed by atoms with Crippen LogP contribution in [-0.2, 0) is 11.2 Å². The van der Waals surface area contributed by atoms with Crippen LogP contribution < -0.4 is 14.2 Å². The second-order valence-electron chi connectivity index (χ2n) is 11.0. The first-order chi connectivity index (χ1) is 19.1. The molecule has 0 amide bonds. The van der Waals surface area contributed by atoms with Crippen molar-refractivity contribution in [1.82, 2.24) is 0 Å². The summed E-state index contributed by atoms with van der Waals surface area (Å²) < 4.78 is 86.7. The Morgan fingerprint density at radius 3 is 1.80 bits per heavy atom. The van der Waals surface area contributed by atoms with Gasteiger partial charge in [0.15, 0.2) is 0 Å². The van der Waals surface area contributed by atoms with Crippen LogP contribution in [0.3, 0.4) is 0 Å².